The maximum Gasteiger partial charge on any atom is 0.193 e. The van der Waals surface area contributed by atoms with Gasteiger partial charge in [-0.3, -0.25) is 4.99 Å². The molecule has 2 aromatic carbocycles. The maximum atomic E-state index is 6.01. The summed E-state index contributed by atoms with van der Waals surface area (Å²) in [5, 5.41) is 3.12. The average Bonchev–Trinajstić information content (AvgIpc) is 2.66. The molecule has 3 N–H and O–H groups in total. The molecule has 0 bridgehead atoms. The van der Waals surface area contributed by atoms with Crippen LogP contribution in [0.15, 0.2) is 58.4 Å². The van der Waals surface area contributed by atoms with Crippen LogP contribution >= 0.6 is 11.8 Å². The van der Waals surface area contributed by atoms with Gasteiger partial charge in [-0.05, 0) is 56.2 Å². The number of nitrogens with zero attached hydrogens (tertiary/aromatic N) is 1. The first-order valence-corrected chi connectivity index (χ1v) is 10.1. The summed E-state index contributed by atoms with van der Waals surface area (Å²) in [4.78, 5) is 5.60. The van der Waals surface area contributed by atoms with Gasteiger partial charge in [0, 0.05) is 22.9 Å². The zero-order valence-corrected chi connectivity index (χ0v) is 17.3. The number of thioether (sulfide) groups is 1. The van der Waals surface area contributed by atoms with Crippen molar-refractivity contribution < 1.29 is 9.47 Å². The molecular weight excluding hydrogens is 358 g/mol. The van der Waals surface area contributed by atoms with E-state index in [0.717, 1.165) is 27.8 Å². The number of hydrogen-bond donors (Lipinski definition) is 2. The highest BCUT2D eigenvalue weighted by molar-refractivity contribution is 7.99. The molecule has 27 heavy (non-hydrogen) atoms. The highest BCUT2D eigenvalue weighted by Crippen LogP contribution is 2.30. The van der Waals surface area contributed by atoms with E-state index in [4.69, 9.17) is 15.2 Å². The molecular formula is C21H29N3O2S. The number of anilines is 1. The van der Waals surface area contributed by atoms with Gasteiger partial charge < -0.3 is 20.5 Å². The Balaban J connectivity index is 1.80. The normalized spacial score (nSPS) is 12.7. The molecule has 0 fully saturated rings. The monoisotopic (exact) mass is 387 g/mol. The van der Waals surface area contributed by atoms with Crippen LogP contribution in [-0.4, -0.2) is 31.5 Å². The van der Waals surface area contributed by atoms with Crippen molar-refractivity contribution >= 4 is 23.4 Å². The van der Waals surface area contributed by atoms with Crippen LogP contribution in [-0.2, 0) is 0 Å². The van der Waals surface area contributed by atoms with Crippen molar-refractivity contribution in [2.45, 2.75) is 31.8 Å². The number of rotatable bonds is 9. The van der Waals surface area contributed by atoms with Crippen LogP contribution in [0.5, 0.6) is 11.5 Å². The minimum atomic E-state index is 0.158. The predicted molar refractivity (Wildman–Crippen MR) is 115 cm³/mol. The van der Waals surface area contributed by atoms with Gasteiger partial charge in [-0.15, -0.1) is 11.8 Å². The Kier molecular flexibility index (Phi) is 8.33. The summed E-state index contributed by atoms with van der Waals surface area (Å²) in [6.07, 6.45) is 0.158. The number of benzene rings is 2. The smallest absolute Gasteiger partial charge is 0.193 e. The standard InChI is InChI=1S/C21H29N3O2S/c1-15(2)26-18-11-9-17(10-12-18)24-21(22)23-13-16(3)14-27-20-8-6-5-7-19(20)25-4/h5-12,15-16H,13-14H2,1-4H3,(H3,22,23,24). The number of methoxy groups -OCH3 is 1. The lowest BCUT2D eigenvalue weighted by Crippen LogP contribution is -2.23. The highest BCUT2D eigenvalue weighted by Gasteiger charge is 2.07. The first-order chi connectivity index (χ1) is 13.0. The SMILES string of the molecule is COc1ccccc1SCC(C)CN=C(N)Nc1ccc(OC(C)C)cc1. The van der Waals surface area contributed by atoms with Crippen molar-refractivity contribution in [3.05, 3.63) is 48.5 Å². The second-order valence-electron chi connectivity index (χ2n) is 6.61. The van der Waals surface area contributed by atoms with E-state index in [1.165, 1.54) is 0 Å². The zero-order chi connectivity index (χ0) is 19.6. The molecule has 0 saturated carbocycles. The molecule has 146 valence electrons. The fourth-order valence-electron chi connectivity index (χ4n) is 2.35. The minimum absolute atomic E-state index is 0.158. The summed E-state index contributed by atoms with van der Waals surface area (Å²) in [6.45, 7) is 6.83. The van der Waals surface area contributed by atoms with E-state index >= 15 is 0 Å². The summed E-state index contributed by atoms with van der Waals surface area (Å²) in [5.74, 6) is 3.50. The third kappa shape index (κ3) is 7.43. The molecule has 1 unspecified atom stereocenters. The first kappa shape index (κ1) is 21.0. The number of guanidine groups is 1. The number of ether oxygens (including phenoxy) is 2. The van der Waals surface area contributed by atoms with E-state index in [2.05, 4.69) is 23.3 Å². The molecule has 2 aromatic rings. The third-order valence-electron chi connectivity index (χ3n) is 3.66. The molecule has 2 rings (SSSR count). The number of aliphatic imine (C=N–C) groups is 1. The van der Waals surface area contributed by atoms with Crippen LogP contribution in [0.4, 0.5) is 5.69 Å². The van der Waals surface area contributed by atoms with Crippen LogP contribution < -0.4 is 20.5 Å². The molecule has 0 aliphatic rings. The largest absolute Gasteiger partial charge is 0.496 e. The van der Waals surface area contributed by atoms with E-state index in [1.54, 1.807) is 18.9 Å². The van der Waals surface area contributed by atoms with Crippen LogP contribution in [0.2, 0.25) is 0 Å². The van der Waals surface area contributed by atoms with E-state index < -0.39 is 0 Å². The Hall–Kier alpha value is -2.34. The maximum absolute atomic E-state index is 6.01. The Morgan fingerprint density at radius 3 is 2.48 bits per heavy atom. The van der Waals surface area contributed by atoms with Crippen molar-refractivity contribution in [3.8, 4) is 11.5 Å². The van der Waals surface area contributed by atoms with Gasteiger partial charge in [0.15, 0.2) is 5.96 Å². The summed E-state index contributed by atoms with van der Waals surface area (Å²) >= 11 is 1.77. The van der Waals surface area contributed by atoms with Gasteiger partial charge >= 0.3 is 0 Å². The van der Waals surface area contributed by atoms with E-state index in [0.29, 0.717) is 18.4 Å². The molecule has 6 heteroatoms. The van der Waals surface area contributed by atoms with Gasteiger partial charge in [0.25, 0.3) is 0 Å². The first-order valence-electron chi connectivity index (χ1n) is 9.07. The molecule has 0 heterocycles. The minimum Gasteiger partial charge on any atom is -0.496 e. The lowest BCUT2D eigenvalue weighted by molar-refractivity contribution is 0.242. The van der Waals surface area contributed by atoms with E-state index in [1.807, 2.05) is 56.3 Å². The summed E-state index contributed by atoms with van der Waals surface area (Å²) in [6, 6.07) is 15.7. The second kappa shape index (κ2) is 10.7. The molecule has 0 aromatic heterocycles. The topological polar surface area (TPSA) is 68.9 Å². The van der Waals surface area contributed by atoms with Gasteiger partial charge in [-0.2, -0.15) is 0 Å². The molecule has 0 aliphatic carbocycles. The van der Waals surface area contributed by atoms with Gasteiger partial charge in [0.05, 0.1) is 13.2 Å². The molecule has 0 spiro atoms. The van der Waals surface area contributed by atoms with Crippen LogP contribution in [0.3, 0.4) is 0 Å². The Labute approximate surface area is 166 Å². The van der Waals surface area contributed by atoms with Crippen molar-refractivity contribution in [1.82, 2.24) is 0 Å². The Morgan fingerprint density at radius 1 is 1.11 bits per heavy atom. The number of para-hydroxylation sites is 1. The number of nitrogens with one attached hydrogen (secondary N) is 1. The quantitative estimate of drug-likeness (QED) is 0.373. The van der Waals surface area contributed by atoms with Crippen molar-refractivity contribution in [3.63, 3.8) is 0 Å². The fourth-order valence-corrected chi connectivity index (χ4v) is 3.39. The van der Waals surface area contributed by atoms with Gasteiger partial charge in [-0.1, -0.05) is 19.1 Å². The summed E-state index contributed by atoms with van der Waals surface area (Å²) in [5.41, 5.74) is 6.90. The van der Waals surface area contributed by atoms with E-state index in [9.17, 15) is 0 Å². The lowest BCUT2D eigenvalue weighted by atomic mass is 10.2. The Morgan fingerprint density at radius 2 is 1.81 bits per heavy atom. The van der Waals surface area contributed by atoms with Crippen molar-refractivity contribution in [2.75, 3.05) is 24.7 Å². The van der Waals surface area contributed by atoms with Gasteiger partial charge in [0.2, 0.25) is 0 Å². The molecule has 5 nitrogen and oxygen atoms in total. The summed E-state index contributed by atoms with van der Waals surface area (Å²) < 4.78 is 11.0. The molecule has 1 atom stereocenters. The summed E-state index contributed by atoms with van der Waals surface area (Å²) in [7, 11) is 1.70. The Bertz CT molecular complexity index is 732. The molecule has 0 amide bonds. The van der Waals surface area contributed by atoms with Crippen LogP contribution in [0, 0.1) is 5.92 Å². The zero-order valence-electron chi connectivity index (χ0n) is 16.4. The molecule has 0 aliphatic heterocycles. The van der Waals surface area contributed by atoms with Crippen LogP contribution in [0.25, 0.3) is 0 Å². The van der Waals surface area contributed by atoms with Crippen molar-refractivity contribution in [2.24, 2.45) is 16.6 Å². The number of nitrogens with two attached hydrogens (primary N) is 1. The van der Waals surface area contributed by atoms with Crippen LogP contribution in [0.1, 0.15) is 20.8 Å². The molecule has 0 saturated heterocycles. The van der Waals surface area contributed by atoms with Gasteiger partial charge in [-0.25, -0.2) is 0 Å². The average molecular weight is 388 g/mol. The highest BCUT2D eigenvalue weighted by atomic mass is 32.2. The van der Waals surface area contributed by atoms with Crippen molar-refractivity contribution in [1.29, 1.82) is 0 Å². The second-order valence-corrected chi connectivity index (χ2v) is 7.67. The molecule has 0 radical (unpaired) electrons. The predicted octanol–water partition coefficient (Wildman–Crippen LogP) is 4.64. The fraction of sp³-hybridized carbons (Fsp3) is 0.381. The lowest BCUT2D eigenvalue weighted by Gasteiger charge is -2.12. The van der Waals surface area contributed by atoms with E-state index in [-0.39, 0.29) is 6.10 Å². The number of hydrogen-bond acceptors (Lipinski definition) is 4. The van der Waals surface area contributed by atoms with Gasteiger partial charge in [0.1, 0.15) is 11.5 Å². The third-order valence-corrected chi connectivity index (χ3v) is 5.05.